The van der Waals surface area contributed by atoms with Crippen LogP contribution in [0.5, 0.6) is 0 Å². The van der Waals surface area contributed by atoms with Crippen LogP contribution in [0.3, 0.4) is 0 Å². The van der Waals surface area contributed by atoms with Crippen LogP contribution >= 0.6 is 0 Å². The Kier molecular flexibility index (Phi) is 4.12. The Bertz CT molecular complexity index is 272. The Balaban J connectivity index is 2.08. The van der Waals surface area contributed by atoms with E-state index in [4.69, 9.17) is 5.11 Å². The number of nitrogens with one attached hydrogen (secondary N) is 1. The number of aliphatic carboxylic acids is 1. The molecule has 1 atom stereocenters. The molecule has 0 aliphatic heterocycles. The average Bonchev–Trinajstić information content (AvgIpc) is 2.64. The first-order chi connectivity index (χ1) is 6.70. The predicted octanol–water partition coefficient (Wildman–Crippen LogP) is 0.193. The number of hydrogen-bond donors (Lipinski definition) is 2. The molecule has 0 fully saturated rings. The van der Waals surface area contributed by atoms with Crippen LogP contribution in [0.1, 0.15) is 6.92 Å². The first kappa shape index (κ1) is 10.7. The van der Waals surface area contributed by atoms with Crippen LogP contribution in [-0.2, 0) is 11.3 Å². The minimum absolute atomic E-state index is 0.335. The minimum Gasteiger partial charge on any atom is -0.481 e. The minimum atomic E-state index is -0.764. The van der Waals surface area contributed by atoms with E-state index in [1.807, 2.05) is 10.8 Å². The van der Waals surface area contributed by atoms with Crippen molar-refractivity contribution in [3.05, 3.63) is 18.7 Å². The van der Waals surface area contributed by atoms with Gasteiger partial charge < -0.3 is 15.0 Å². The van der Waals surface area contributed by atoms with Gasteiger partial charge in [-0.2, -0.15) is 0 Å². The summed E-state index contributed by atoms with van der Waals surface area (Å²) in [5, 5.41) is 11.7. The Labute approximate surface area is 82.8 Å². The van der Waals surface area contributed by atoms with Gasteiger partial charge in [0.25, 0.3) is 0 Å². The van der Waals surface area contributed by atoms with Gasteiger partial charge in [-0.3, -0.25) is 4.79 Å². The van der Waals surface area contributed by atoms with Crippen molar-refractivity contribution in [2.45, 2.75) is 13.5 Å². The lowest BCUT2D eigenvalue weighted by Gasteiger charge is -2.08. The summed E-state index contributed by atoms with van der Waals surface area (Å²) in [6, 6.07) is 0. The average molecular weight is 197 g/mol. The van der Waals surface area contributed by atoms with Crippen molar-refractivity contribution in [3.8, 4) is 0 Å². The highest BCUT2D eigenvalue weighted by Crippen LogP contribution is 1.91. The first-order valence-corrected chi connectivity index (χ1v) is 4.59. The van der Waals surface area contributed by atoms with Gasteiger partial charge in [-0.25, -0.2) is 4.98 Å². The topological polar surface area (TPSA) is 67.2 Å². The maximum Gasteiger partial charge on any atom is 0.307 e. The number of carbonyl (C=O) groups is 1. The second-order valence-electron chi connectivity index (χ2n) is 3.24. The summed E-state index contributed by atoms with van der Waals surface area (Å²) in [7, 11) is 0. The summed E-state index contributed by atoms with van der Waals surface area (Å²) < 4.78 is 1.94. The molecule has 78 valence electrons. The van der Waals surface area contributed by atoms with Crippen molar-refractivity contribution < 1.29 is 9.90 Å². The summed E-state index contributed by atoms with van der Waals surface area (Å²) >= 11 is 0. The molecule has 14 heavy (non-hydrogen) atoms. The van der Waals surface area contributed by atoms with E-state index in [9.17, 15) is 4.79 Å². The highest BCUT2D eigenvalue weighted by atomic mass is 16.4. The Morgan fingerprint density at radius 2 is 2.50 bits per heavy atom. The molecule has 0 amide bonds. The number of carboxylic acids is 1. The summed E-state index contributed by atoms with van der Waals surface area (Å²) in [5.41, 5.74) is 0. The second kappa shape index (κ2) is 5.39. The molecule has 0 aliphatic rings. The second-order valence-corrected chi connectivity index (χ2v) is 3.24. The molecule has 0 bridgehead atoms. The predicted molar refractivity (Wildman–Crippen MR) is 51.9 cm³/mol. The Morgan fingerprint density at radius 1 is 1.71 bits per heavy atom. The Hall–Kier alpha value is -1.36. The highest BCUT2D eigenvalue weighted by molar-refractivity contribution is 5.69. The molecule has 0 saturated carbocycles. The molecule has 1 heterocycles. The van der Waals surface area contributed by atoms with E-state index in [1.54, 1.807) is 19.4 Å². The van der Waals surface area contributed by atoms with Crippen LogP contribution in [-0.4, -0.2) is 33.7 Å². The smallest absolute Gasteiger partial charge is 0.307 e. The van der Waals surface area contributed by atoms with Gasteiger partial charge in [-0.1, -0.05) is 6.92 Å². The Morgan fingerprint density at radius 3 is 3.07 bits per heavy atom. The lowest BCUT2D eigenvalue weighted by molar-refractivity contribution is -0.140. The molecule has 0 radical (unpaired) electrons. The number of hydrogen-bond acceptors (Lipinski definition) is 3. The van der Waals surface area contributed by atoms with Crippen molar-refractivity contribution in [1.82, 2.24) is 14.9 Å². The largest absolute Gasteiger partial charge is 0.481 e. The molecular weight excluding hydrogens is 182 g/mol. The molecule has 1 aromatic heterocycles. The maximum absolute atomic E-state index is 10.5. The van der Waals surface area contributed by atoms with Gasteiger partial charge in [0.2, 0.25) is 0 Å². The molecule has 2 N–H and O–H groups in total. The molecule has 1 unspecified atom stereocenters. The van der Waals surface area contributed by atoms with Crippen molar-refractivity contribution in [3.63, 3.8) is 0 Å². The fourth-order valence-corrected chi connectivity index (χ4v) is 1.03. The van der Waals surface area contributed by atoms with Gasteiger partial charge in [0.05, 0.1) is 12.2 Å². The standard InChI is InChI=1S/C9H15N3O2/c1-8(9(13)14)6-10-2-4-12-5-3-11-7-12/h3,5,7-8,10H,2,4,6H2,1H3,(H,13,14). The number of aromatic nitrogens is 2. The van der Waals surface area contributed by atoms with E-state index in [2.05, 4.69) is 10.3 Å². The third-order valence-electron chi connectivity index (χ3n) is 1.98. The van der Waals surface area contributed by atoms with E-state index < -0.39 is 5.97 Å². The van der Waals surface area contributed by atoms with Crippen LogP contribution in [0.25, 0.3) is 0 Å². The summed E-state index contributed by atoms with van der Waals surface area (Å²) in [5.74, 6) is -1.10. The molecule has 5 heteroatoms. The fraction of sp³-hybridized carbons (Fsp3) is 0.556. The van der Waals surface area contributed by atoms with E-state index in [0.29, 0.717) is 6.54 Å². The van der Waals surface area contributed by atoms with Crippen LogP contribution in [0.15, 0.2) is 18.7 Å². The maximum atomic E-state index is 10.5. The number of rotatable bonds is 6. The lowest BCUT2D eigenvalue weighted by Crippen LogP contribution is -2.28. The first-order valence-electron chi connectivity index (χ1n) is 4.59. The van der Waals surface area contributed by atoms with Crippen LogP contribution in [0, 0.1) is 5.92 Å². The third kappa shape index (κ3) is 3.57. The van der Waals surface area contributed by atoms with Crippen molar-refractivity contribution in [1.29, 1.82) is 0 Å². The van der Waals surface area contributed by atoms with Crippen molar-refractivity contribution in [2.24, 2.45) is 5.92 Å². The van der Waals surface area contributed by atoms with Crippen molar-refractivity contribution >= 4 is 5.97 Å². The van der Waals surface area contributed by atoms with E-state index >= 15 is 0 Å². The summed E-state index contributed by atoms with van der Waals surface area (Å²) in [6.45, 7) is 3.76. The lowest BCUT2D eigenvalue weighted by atomic mass is 10.2. The van der Waals surface area contributed by atoms with Crippen LogP contribution in [0.4, 0.5) is 0 Å². The zero-order valence-corrected chi connectivity index (χ0v) is 8.18. The van der Waals surface area contributed by atoms with E-state index in [1.165, 1.54) is 0 Å². The van der Waals surface area contributed by atoms with Crippen molar-refractivity contribution in [2.75, 3.05) is 13.1 Å². The highest BCUT2D eigenvalue weighted by Gasteiger charge is 2.08. The van der Waals surface area contributed by atoms with Crippen LogP contribution in [0.2, 0.25) is 0 Å². The van der Waals surface area contributed by atoms with Gasteiger partial charge >= 0.3 is 5.97 Å². The number of nitrogens with zero attached hydrogens (tertiary/aromatic N) is 2. The van der Waals surface area contributed by atoms with E-state index in [-0.39, 0.29) is 5.92 Å². The monoisotopic (exact) mass is 197 g/mol. The SMILES string of the molecule is CC(CNCCn1ccnc1)C(=O)O. The molecular formula is C9H15N3O2. The molecule has 1 aromatic rings. The third-order valence-corrected chi connectivity index (χ3v) is 1.98. The zero-order valence-electron chi connectivity index (χ0n) is 8.18. The molecule has 0 aliphatic carbocycles. The molecule has 0 spiro atoms. The van der Waals surface area contributed by atoms with Gasteiger partial charge in [-0.05, 0) is 0 Å². The van der Waals surface area contributed by atoms with Crippen LogP contribution < -0.4 is 5.32 Å². The molecule has 0 saturated heterocycles. The molecule has 5 nitrogen and oxygen atoms in total. The van der Waals surface area contributed by atoms with Gasteiger partial charge in [0.1, 0.15) is 0 Å². The summed E-state index contributed by atoms with van der Waals surface area (Å²) in [4.78, 5) is 14.4. The normalized spacial score (nSPS) is 12.6. The van der Waals surface area contributed by atoms with Gasteiger partial charge in [0, 0.05) is 32.0 Å². The fourth-order valence-electron chi connectivity index (χ4n) is 1.03. The summed E-state index contributed by atoms with van der Waals surface area (Å²) in [6.07, 6.45) is 5.34. The van der Waals surface area contributed by atoms with Gasteiger partial charge in [-0.15, -0.1) is 0 Å². The number of imidazole rings is 1. The quantitative estimate of drug-likeness (QED) is 0.639. The zero-order chi connectivity index (χ0) is 10.4. The molecule has 1 rings (SSSR count). The van der Waals surface area contributed by atoms with Gasteiger partial charge in [0.15, 0.2) is 0 Å². The van der Waals surface area contributed by atoms with E-state index in [0.717, 1.165) is 13.1 Å². The molecule has 0 aromatic carbocycles. The number of carboxylic acid groups (broad SMARTS) is 1.